The average molecular weight is 308 g/mol. The van der Waals surface area contributed by atoms with Gasteiger partial charge in [0.25, 0.3) is 5.91 Å². The van der Waals surface area contributed by atoms with Crippen molar-refractivity contribution in [2.45, 2.75) is 6.54 Å². The molecule has 0 unspecified atom stereocenters. The van der Waals surface area contributed by atoms with E-state index in [4.69, 9.17) is 10.5 Å². The number of carbonyl (C=O) groups excluding carboxylic acids is 1. The number of carbonyl (C=O) groups is 1. The van der Waals surface area contributed by atoms with Crippen molar-refractivity contribution in [3.8, 4) is 0 Å². The highest BCUT2D eigenvalue weighted by molar-refractivity contribution is 7.09. The third kappa shape index (κ3) is 4.27. The minimum Gasteiger partial charge on any atom is -0.399 e. The number of rotatable bonds is 6. The van der Waals surface area contributed by atoms with E-state index < -0.39 is 5.82 Å². The smallest absolute Gasteiger partial charge is 0.254 e. The van der Waals surface area contributed by atoms with Crippen LogP contribution in [0.3, 0.4) is 0 Å². The van der Waals surface area contributed by atoms with Gasteiger partial charge in [0.05, 0.1) is 13.2 Å². The fourth-order valence-electron chi connectivity index (χ4n) is 1.96. The Labute approximate surface area is 126 Å². The van der Waals surface area contributed by atoms with Crippen molar-refractivity contribution in [1.29, 1.82) is 0 Å². The summed E-state index contributed by atoms with van der Waals surface area (Å²) in [5.74, 6) is -0.771. The molecule has 2 aromatic rings. The summed E-state index contributed by atoms with van der Waals surface area (Å²) in [5.41, 5.74) is 6.09. The van der Waals surface area contributed by atoms with Crippen molar-refractivity contribution < 1.29 is 13.9 Å². The molecule has 4 nitrogen and oxygen atoms in total. The number of halogens is 1. The molecule has 0 atom stereocenters. The summed E-state index contributed by atoms with van der Waals surface area (Å²) >= 11 is 1.57. The molecule has 0 saturated heterocycles. The molecule has 0 radical (unpaired) electrons. The van der Waals surface area contributed by atoms with Crippen LogP contribution in [-0.4, -0.2) is 31.1 Å². The van der Waals surface area contributed by atoms with Gasteiger partial charge in [0, 0.05) is 29.8 Å². The Hall–Kier alpha value is -1.92. The van der Waals surface area contributed by atoms with E-state index in [1.807, 2.05) is 17.5 Å². The van der Waals surface area contributed by atoms with E-state index in [2.05, 4.69) is 0 Å². The van der Waals surface area contributed by atoms with Gasteiger partial charge in [-0.3, -0.25) is 4.79 Å². The second kappa shape index (κ2) is 7.19. The maximum absolute atomic E-state index is 13.4. The zero-order valence-corrected chi connectivity index (χ0v) is 12.5. The number of thiophene rings is 1. The minimum atomic E-state index is -0.513. The number of amides is 1. The Morgan fingerprint density at radius 2 is 2.24 bits per heavy atom. The van der Waals surface area contributed by atoms with Crippen LogP contribution in [0.25, 0.3) is 0 Å². The highest BCUT2D eigenvalue weighted by Gasteiger charge is 2.17. The number of methoxy groups -OCH3 is 1. The second-order valence-corrected chi connectivity index (χ2v) is 5.60. The van der Waals surface area contributed by atoms with E-state index in [1.165, 1.54) is 18.2 Å². The lowest BCUT2D eigenvalue weighted by Crippen LogP contribution is -2.33. The van der Waals surface area contributed by atoms with Crippen LogP contribution in [0.5, 0.6) is 0 Å². The summed E-state index contributed by atoms with van der Waals surface area (Å²) in [5, 5.41) is 1.95. The van der Waals surface area contributed by atoms with Crippen LogP contribution >= 0.6 is 11.3 Å². The predicted molar refractivity (Wildman–Crippen MR) is 81.7 cm³/mol. The SMILES string of the molecule is COCCN(Cc1cccs1)C(=O)c1cc(N)cc(F)c1. The monoisotopic (exact) mass is 308 g/mol. The lowest BCUT2D eigenvalue weighted by Gasteiger charge is -2.22. The van der Waals surface area contributed by atoms with Gasteiger partial charge in [-0.2, -0.15) is 0 Å². The number of nitrogens with two attached hydrogens (primary N) is 1. The molecular formula is C15H17FN2O2S. The first kappa shape index (κ1) is 15.5. The van der Waals surface area contributed by atoms with Crippen molar-refractivity contribution in [3.63, 3.8) is 0 Å². The van der Waals surface area contributed by atoms with Crippen LogP contribution in [-0.2, 0) is 11.3 Å². The molecule has 6 heteroatoms. The average Bonchev–Trinajstić information content (AvgIpc) is 2.94. The van der Waals surface area contributed by atoms with Gasteiger partial charge in [0.1, 0.15) is 5.82 Å². The number of hydrogen-bond acceptors (Lipinski definition) is 4. The topological polar surface area (TPSA) is 55.6 Å². The highest BCUT2D eigenvalue weighted by atomic mass is 32.1. The van der Waals surface area contributed by atoms with E-state index in [9.17, 15) is 9.18 Å². The molecule has 0 spiro atoms. The molecular weight excluding hydrogens is 291 g/mol. The standard InChI is InChI=1S/C15H17FN2O2S/c1-20-5-4-18(10-14-3-2-6-21-14)15(19)11-7-12(16)9-13(17)8-11/h2-3,6-9H,4-5,10,17H2,1H3. The van der Waals surface area contributed by atoms with Crippen molar-refractivity contribution in [2.24, 2.45) is 0 Å². The van der Waals surface area contributed by atoms with Crippen LogP contribution in [0, 0.1) is 5.82 Å². The Balaban J connectivity index is 2.20. The molecule has 0 aliphatic heterocycles. The zero-order chi connectivity index (χ0) is 15.2. The molecule has 0 aliphatic rings. The van der Waals surface area contributed by atoms with Gasteiger partial charge in [-0.15, -0.1) is 11.3 Å². The van der Waals surface area contributed by atoms with Gasteiger partial charge >= 0.3 is 0 Å². The fraction of sp³-hybridized carbons (Fsp3) is 0.267. The summed E-state index contributed by atoms with van der Waals surface area (Å²) in [6, 6.07) is 7.76. The summed E-state index contributed by atoms with van der Waals surface area (Å²) in [6.45, 7) is 1.32. The summed E-state index contributed by atoms with van der Waals surface area (Å²) < 4.78 is 18.4. The molecule has 1 aromatic carbocycles. The maximum atomic E-state index is 13.4. The Bertz CT molecular complexity index is 581. The Morgan fingerprint density at radius 3 is 2.86 bits per heavy atom. The van der Waals surface area contributed by atoms with Crippen LogP contribution < -0.4 is 5.73 Å². The first-order chi connectivity index (χ1) is 10.1. The van der Waals surface area contributed by atoms with Crippen LogP contribution in [0.4, 0.5) is 10.1 Å². The Morgan fingerprint density at radius 1 is 1.43 bits per heavy atom. The third-order valence-corrected chi connectivity index (χ3v) is 3.81. The first-order valence-corrected chi connectivity index (χ1v) is 7.35. The van der Waals surface area contributed by atoms with Gasteiger partial charge in [0.15, 0.2) is 0 Å². The summed E-state index contributed by atoms with van der Waals surface area (Å²) in [6.07, 6.45) is 0. The fourth-order valence-corrected chi connectivity index (χ4v) is 2.68. The van der Waals surface area contributed by atoms with Gasteiger partial charge in [0.2, 0.25) is 0 Å². The maximum Gasteiger partial charge on any atom is 0.254 e. The summed E-state index contributed by atoms with van der Waals surface area (Å²) in [7, 11) is 1.58. The van der Waals surface area contributed by atoms with Crippen LogP contribution in [0.1, 0.15) is 15.2 Å². The first-order valence-electron chi connectivity index (χ1n) is 6.47. The van der Waals surface area contributed by atoms with Gasteiger partial charge in [-0.05, 0) is 29.6 Å². The highest BCUT2D eigenvalue weighted by Crippen LogP contribution is 2.17. The van der Waals surface area contributed by atoms with Crippen molar-refractivity contribution in [2.75, 3.05) is 26.0 Å². The normalized spacial score (nSPS) is 10.6. The second-order valence-electron chi connectivity index (χ2n) is 4.57. The van der Waals surface area contributed by atoms with E-state index >= 15 is 0 Å². The minimum absolute atomic E-state index is 0.237. The molecule has 1 aromatic heterocycles. The van der Waals surface area contributed by atoms with Gasteiger partial charge in [-0.1, -0.05) is 6.07 Å². The van der Waals surface area contributed by atoms with Crippen molar-refractivity contribution >= 4 is 22.9 Å². The van der Waals surface area contributed by atoms with Crippen LogP contribution in [0.2, 0.25) is 0 Å². The third-order valence-electron chi connectivity index (χ3n) is 2.95. The van der Waals surface area contributed by atoms with E-state index in [0.29, 0.717) is 19.7 Å². The molecule has 2 N–H and O–H groups in total. The molecule has 21 heavy (non-hydrogen) atoms. The number of benzene rings is 1. The lowest BCUT2D eigenvalue weighted by atomic mass is 10.1. The van der Waals surface area contributed by atoms with Gasteiger partial charge < -0.3 is 15.4 Å². The van der Waals surface area contributed by atoms with E-state index in [0.717, 1.165) is 4.88 Å². The van der Waals surface area contributed by atoms with Crippen LogP contribution in [0.15, 0.2) is 35.7 Å². The largest absolute Gasteiger partial charge is 0.399 e. The quantitative estimate of drug-likeness (QED) is 0.835. The van der Waals surface area contributed by atoms with Crippen molar-refractivity contribution in [1.82, 2.24) is 4.90 Å². The molecule has 0 aliphatic carbocycles. The molecule has 1 amide bonds. The van der Waals surface area contributed by atoms with E-state index in [1.54, 1.807) is 23.3 Å². The molecule has 0 saturated carbocycles. The molecule has 0 bridgehead atoms. The van der Waals surface area contributed by atoms with Gasteiger partial charge in [-0.25, -0.2) is 4.39 Å². The number of nitrogen functional groups attached to an aromatic ring is 1. The Kier molecular flexibility index (Phi) is 5.30. The lowest BCUT2D eigenvalue weighted by molar-refractivity contribution is 0.0682. The zero-order valence-electron chi connectivity index (χ0n) is 11.7. The predicted octanol–water partition coefficient (Wildman–Crippen LogP) is 2.76. The number of hydrogen-bond donors (Lipinski definition) is 1. The molecule has 2 rings (SSSR count). The van der Waals surface area contributed by atoms with Crippen molar-refractivity contribution in [3.05, 3.63) is 52.0 Å². The molecule has 112 valence electrons. The van der Waals surface area contributed by atoms with E-state index in [-0.39, 0.29) is 17.2 Å². The molecule has 0 fully saturated rings. The molecule has 1 heterocycles. The number of ether oxygens (including phenoxy) is 1. The number of anilines is 1. The number of nitrogens with zero attached hydrogens (tertiary/aromatic N) is 1. The summed E-state index contributed by atoms with van der Waals surface area (Å²) in [4.78, 5) is 15.2.